The Bertz CT molecular complexity index is 880. The lowest BCUT2D eigenvalue weighted by atomic mass is 10.1. The molecule has 2 aromatic heterocycles. The van der Waals surface area contributed by atoms with Crippen LogP contribution in [0.3, 0.4) is 0 Å². The van der Waals surface area contributed by atoms with E-state index in [4.69, 9.17) is 0 Å². The fraction of sp³-hybridized carbons (Fsp3) is 0.250. The average molecular weight is 347 g/mol. The van der Waals surface area contributed by atoms with E-state index in [2.05, 4.69) is 25.1 Å². The van der Waals surface area contributed by atoms with E-state index in [1.54, 1.807) is 24.4 Å². The van der Waals surface area contributed by atoms with E-state index in [0.717, 1.165) is 11.3 Å². The number of hydrogen-bond donors (Lipinski definition) is 1. The van der Waals surface area contributed by atoms with Crippen LogP contribution in [-0.4, -0.2) is 38.6 Å². The first kappa shape index (κ1) is 16.7. The van der Waals surface area contributed by atoms with E-state index in [0.29, 0.717) is 18.7 Å². The van der Waals surface area contributed by atoms with Gasteiger partial charge in [0.2, 0.25) is 5.82 Å². The Morgan fingerprint density at radius 3 is 2.72 bits per heavy atom. The number of nitrogens with one attached hydrogen (secondary N) is 1. The SMILES string of the molecule is Cc1ccnc2nc(C(=O)NCCc3ccc(OC(F)F)cc3)nn12. The van der Waals surface area contributed by atoms with Gasteiger partial charge < -0.3 is 10.1 Å². The molecule has 3 aromatic rings. The van der Waals surface area contributed by atoms with Crippen LogP contribution >= 0.6 is 0 Å². The minimum Gasteiger partial charge on any atom is -0.435 e. The van der Waals surface area contributed by atoms with Crippen molar-refractivity contribution in [1.82, 2.24) is 24.9 Å². The molecule has 1 N–H and O–H groups in total. The summed E-state index contributed by atoms with van der Waals surface area (Å²) in [6.45, 7) is -0.649. The van der Waals surface area contributed by atoms with E-state index in [1.807, 2.05) is 6.92 Å². The predicted octanol–water partition coefficient (Wildman–Crippen LogP) is 2.01. The highest BCUT2D eigenvalue weighted by Crippen LogP contribution is 2.15. The quantitative estimate of drug-likeness (QED) is 0.738. The Labute approximate surface area is 141 Å². The van der Waals surface area contributed by atoms with Gasteiger partial charge in [-0.2, -0.15) is 13.8 Å². The number of alkyl halides is 2. The van der Waals surface area contributed by atoms with Gasteiger partial charge in [0.1, 0.15) is 5.75 Å². The number of benzene rings is 1. The Morgan fingerprint density at radius 2 is 2.04 bits per heavy atom. The summed E-state index contributed by atoms with van der Waals surface area (Å²) < 4.78 is 30.0. The minimum atomic E-state index is -2.85. The fourth-order valence-electron chi connectivity index (χ4n) is 2.24. The molecule has 0 saturated heterocycles. The van der Waals surface area contributed by atoms with Crippen molar-refractivity contribution in [3.63, 3.8) is 0 Å². The molecule has 3 rings (SSSR count). The fourth-order valence-corrected chi connectivity index (χ4v) is 2.24. The summed E-state index contributed by atoms with van der Waals surface area (Å²) in [7, 11) is 0. The number of aryl methyl sites for hydroxylation is 1. The number of fused-ring (bicyclic) bond motifs is 1. The van der Waals surface area contributed by atoms with Gasteiger partial charge in [-0.1, -0.05) is 12.1 Å². The van der Waals surface area contributed by atoms with Gasteiger partial charge in [0.25, 0.3) is 11.7 Å². The topological polar surface area (TPSA) is 81.4 Å². The Kier molecular flexibility index (Phi) is 4.82. The molecule has 1 aromatic carbocycles. The number of aromatic nitrogens is 4. The Hall–Kier alpha value is -3.10. The van der Waals surface area contributed by atoms with Crippen LogP contribution in [0.4, 0.5) is 8.78 Å². The van der Waals surface area contributed by atoms with Crippen molar-refractivity contribution < 1.29 is 18.3 Å². The van der Waals surface area contributed by atoms with E-state index in [9.17, 15) is 13.6 Å². The number of nitrogens with zero attached hydrogens (tertiary/aromatic N) is 4. The van der Waals surface area contributed by atoms with E-state index < -0.39 is 12.5 Å². The second kappa shape index (κ2) is 7.20. The molecule has 1 amide bonds. The van der Waals surface area contributed by atoms with E-state index >= 15 is 0 Å². The normalized spacial score (nSPS) is 11.0. The first-order chi connectivity index (χ1) is 12.0. The minimum absolute atomic E-state index is 0.0440. The second-order valence-corrected chi connectivity index (χ2v) is 5.26. The van der Waals surface area contributed by atoms with E-state index in [1.165, 1.54) is 16.6 Å². The molecule has 0 aliphatic carbocycles. The van der Waals surface area contributed by atoms with Gasteiger partial charge >= 0.3 is 6.61 Å². The van der Waals surface area contributed by atoms with Crippen LogP contribution in [0.5, 0.6) is 5.75 Å². The summed E-state index contributed by atoms with van der Waals surface area (Å²) in [5.41, 5.74) is 1.70. The highest BCUT2D eigenvalue weighted by Gasteiger charge is 2.13. The molecule has 0 radical (unpaired) electrons. The molecule has 0 fully saturated rings. The summed E-state index contributed by atoms with van der Waals surface area (Å²) in [5, 5.41) is 6.84. The molecule has 0 aliphatic rings. The third kappa shape index (κ3) is 4.06. The molecule has 0 saturated carbocycles. The van der Waals surface area contributed by atoms with Crippen molar-refractivity contribution in [2.75, 3.05) is 6.54 Å². The summed E-state index contributed by atoms with van der Waals surface area (Å²) in [6, 6.07) is 8.02. The number of rotatable bonds is 6. The van der Waals surface area contributed by atoms with Crippen molar-refractivity contribution in [2.24, 2.45) is 0 Å². The van der Waals surface area contributed by atoms with Crippen molar-refractivity contribution in [3.05, 3.63) is 53.6 Å². The van der Waals surface area contributed by atoms with Gasteiger partial charge in [-0.05, 0) is 37.1 Å². The maximum atomic E-state index is 12.1. The first-order valence-electron chi connectivity index (χ1n) is 7.53. The smallest absolute Gasteiger partial charge is 0.387 e. The molecule has 0 spiro atoms. The third-order valence-electron chi connectivity index (χ3n) is 3.48. The molecule has 0 atom stereocenters. The van der Waals surface area contributed by atoms with Crippen LogP contribution in [0.1, 0.15) is 21.9 Å². The number of amides is 1. The zero-order valence-electron chi connectivity index (χ0n) is 13.3. The highest BCUT2D eigenvalue weighted by molar-refractivity contribution is 5.90. The van der Waals surface area contributed by atoms with Gasteiger partial charge in [0.05, 0.1) is 0 Å². The van der Waals surface area contributed by atoms with Gasteiger partial charge in [-0.15, -0.1) is 5.10 Å². The third-order valence-corrected chi connectivity index (χ3v) is 3.48. The predicted molar refractivity (Wildman–Crippen MR) is 84.6 cm³/mol. The largest absolute Gasteiger partial charge is 0.435 e. The van der Waals surface area contributed by atoms with Crippen LogP contribution in [0.2, 0.25) is 0 Å². The molecular weight excluding hydrogens is 332 g/mol. The number of carbonyl (C=O) groups excluding carboxylic acids is 1. The average Bonchev–Trinajstić information content (AvgIpc) is 3.02. The molecule has 130 valence electrons. The van der Waals surface area contributed by atoms with Crippen LogP contribution in [0.25, 0.3) is 5.78 Å². The highest BCUT2D eigenvalue weighted by atomic mass is 19.3. The van der Waals surface area contributed by atoms with Crippen LogP contribution in [-0.2, 0) is 6.42 Å². The van der Waals surface area contributed by atoms with Crippen molar-refractivity contribution in [2.45, 2.75) is 20.0 Å². The number of halogens is 2. The molecule has 2 heterocycles. The van der Waals surface area contributed by atoms with Gasteiger partial charge in [0.15, 0.2) is 0 Å². The van der Waals surface area contributed by atoms with Crippen molar-refractivity contribution in [3.8, 4) is 5.75 Å². The molecule has 0 bridgehead atoms. The molecule has 0 unspecified atom stereocenters. The zero-order chi connectivity index (χ0) is 17.8. The lowest BCUT2D eigenvalue weighted by Gasteiger charge is -2.06. The molecule has 7 nitrogen and oxygen atoms in total. The van der Waals surface area contributed by atoms with Gasteiger partial charge in [0, 0.05) is 18.4 Å². The maximum absolute atomic E-state index is 12.1. The lowest BCUT2D eigenvalue weighted by molar-refractivity contribution is -0.0498. The summed E-state index contributed by atoms with van der Waals surface area (Å²) in [6.07, 6.45) is 2.13. The molecule has 25 heavy (non-hydrogen) atoms. The summed E-state index contributed by atoms with van der Waals surface area (Å²) in [5.74, 6) is 0.101. The van der Waals surface area contributed by atoms with Gasteiger partial charge in [-0.25, -0.2) is 9.50 Å². The summed E-state index contributed by atoms with van der Waals surface area (Å²) >= 11 is 0. The van der Waals surface area contributed by atoms with Crippen LogP contribution < -0.4 is 10.1 Å². The van der Waals surface area contributed by atoms with Crippen LogP contribution in [0, 0.1) is 6.92 Å². The molecular formula is C16H15F2N5O2. The zero-order valence-corrected chi connectivity index (χ0v) is 13.3. The van der Waals surface area contributed by atoms with Gasteiger partial charge in [-0.3, -0.25) is 4.79 Å². The van der Waals surface area contributed by atoms with E-state index in [-0.39, 0.29) is 11.6 Å². The number of carbonyl (C=O) groups is 1. The molecule has 9 heteroatoms. The van der Waals surface area contributed by atoms with Crippen molar-refractivity contribution >= 4 is 11.7 Å². The summed E-state index contributed by atoms with van der Waals surface area (Å²) in [4.78, 5) is 20.2. The first-order valence-corrected chi connectivity index (χ1v) is 7.53. The van der Waals surface area contributed by atoms with Crippen LogP contribution in [0.15, 0.2) is 36.5 Å². The Morgan fingerprint density at radius 1 is 1.28 bits per heavy atom. The van der Waals surface area contributed by atoms with Crippen molar-refractivity contribution in [1.29, 1.82) is 0 Å². The lowest BCUT2D eigenvalue weighted by Crippen LogP contribution is -2.26. The monoisotopic (exact) mass is 347 g/mol. The second-order valence-electron chi connectivity index (χ2n) is 5.26. The Balaban J connectivity index is 1.56. The number of ether oxygens (including phenoxy) is 1. The maximum Gasteiger partial charge on any atom is 0.387 e. The standard InChI is InChI=1S/C16H15F2N5O2/c1-10-6-8-20-16-21-13(22-23(10)16)14(24)19-9-7-11-2-4-12(5-3-11)25-15(17)18/h2-6,8,15H,7,9H2,1H3,(H,19,24). The molecule has 0 aliphatic heterocycles. The number of hydrogen-bond acceptors (Lipinski definition) is 5.